The number of rotatable bonds is 3. The number of hydrogen-bond donors (Lipinski definition) is 0. The number of hydrogen-bond acceptors (Lipinski definition) is 6. The minimum absolute atomic E-state index is 0.00641. The van der Waals surface area contributed by atoms with Crippen molar-refractivity contribution < 1.29 is 9.59 Å². The molecule has 1 fully saturated rings. The molecule has 1 aliphatic rings. The van der Waals surface area contributed by atoms with E-state index in [1.165, 1.54) is 11.0 Å². The van der Waals surface area contributed by atoms with E-state index in [1.54, 1.807) is 23.2 Å². The minimum Gasteiger partial charge on any atom is -0.337 e. The Bertz CT molecular complexity index is 1000. The number of tetrazole rings is 1. The van der Waals surface area contributed by atoms with E-state index in [0.717, 1.165) is 12.0 Å². The Morgan fingerprint density at radius 2 is 1.76 bits per heavy atom. The fraction of sp³-hybridized carbons (Fsp3) is 0.300. The van der Waals surface area contributed by atoms with Crippen LogP contribution in [0.25, 0.3) is 5.69 Å². The van der Waals surface area contributed by atoms with Gasteiger partial charge in [-0.1, -0.05) is 17.7 Å². The van der Waals surface area contributed by atoms with Gasteiger partial charge in [0.2, 0.25) is 0 Å². The van der Waals surface area contributed by atoms with E-state index in [0.29, 0.717) is 43.1 Å². The second kappa shape index (κ2) is 8.17. The zero-order valence-electron chi connectivity index (χ0n) is 16.1. The van der Waals surface area contributed by atoms with Crippen molar-refractivity contribution in [1.82, 2.24) is 35.0 Å². The number of nitrogens with zero attached hydrogens (tertiary/aromatic N) is 7. The van der Waals surface area contributed by atoms with Gasteiger partial charge in [0.25, 0.3) is 11.8 Å². The summed E-state index contributed by atoms with van der Waals surface area (Å²) in [5.74, 6) is -0.134. The van der Waals surface area contributed by atoms with E-state index in [-0.39, 0.29) is 11.8 Å². The highest BCUT2D eigenvalue weighted by molar-refractivity contribution is 5.95. The van der Waals surface area contributed by atoms with Gasteiger partial charge < -0.3 is 9.80 Å². The summed E-state index contributed by atoms with van der Waals surface area (Å²) >= 11 is 0. The fourth-order valence-electron chi connectivity index (χ4n) is 3.37. The molecule has 1 saturated heterocycles. The van der Waals surface area contributed by atoms with Crippen LogP contribution in [0.4, 0.5) is 0 Å². The third-order valence-electron chi connectivity index (χ3n) is 4.92. The molecule has 1 aromatic carbocycles. The Kier molecular flexibility index (Phi) is 5.28. The maximum Gasteiger partial charge on any atom is 0.272 e. The number of amides is 2. The van der Waals surface area contributed by atoms with Crippen molar-refractivity contribution >= 4 is 11.8 Å². The first kappa shape index (κ1) is 18.7. The number of carbonyl (C=O) groups is 2. The smallest absolute Gasteiger partial charge is 0.272 e. The van der Waals surface area contributed by atoms with Crippen LogP contribution in [0.15, 0.2) is 48.9 Å². The molecule has 3 heterocycles. The number of aryl methyl sites for hydroxylation is 1. The topological polar surface area (TPSA) is 97.1 Å². The van der Waals surface area contributed by atoms with Gasteiger partial charge in [-0.2, -0.15) is 4.68 Å². The number of carbonyl (C=O) groups excluding carboxylic acids is 2. The van der Waals surface area contributed by atoms with Crippen molar-refractivity contribution in [2.75, 3.05) is 26.2 Å². The molecule has 2 aromatic heterocycles. The molecule has 1 aliphatic heterocycles. The summed E-state index contributed by atoms with van der Waals surface area (Å²) in [5, 5.41) is 11.0. The second-order valence-electron chi connectivity index (χ2n) is 6.96. The van der Waals surface area contributed by atoms with Crippen molar-refractivity contribution in [2.45, 2.75) is 13.3 Å². The van der Waals surface area contributed by atoms with Crippen LogP contribution >= 0.6 is 0 Å². The van der Waals surface area contributed by atoms with Crippen molar-refractivity contribution in [3.63, 3.8) is 0 Å². The SMILES string of the molecule is Cc1cccc(C(=O)N2CCCN(C(=O)c3ccc(-n4cnnn4)cn3)CC2)c1. The summed E-state index contributed by atoms with van der Waals surface area (Å²) in [6.45, 7) is 4.17. The molecular formula is C20H21N7O2. The molecule has 0 saturated carbocycles. The first-order valence-corrected chi connectivity index (χ1v) is 9.46. The van der Waals surface area contributed by atoms with E-state index in [9.17, 15) is 9.59 Å². The molecule has 9 heteroatoms. The van der Waals surface area contributed by atoms with Crippen molar-refractivity contribution in [3.05, 3.63) is 65.7 Å². The molecule has 4 rings (SSSR count). The molecule has 0 N–H and O–H groups in total. The number of benzene rings is 1. The molecule has 148 valence electrons. The summed E-state index contributed by atoms with van der Waals surface area (Å²) in [6.07, 6.45) is 3.76. The summed E-state index contributed by atoms with van der Waals surface area (Å²) in [4.78, 5) is 33.5. The van der Waals surface area contributed by atoms with E-state index in [2.05, 4.69) is 20.5 Å². The molecule has 3 aromatic rings. The van der Waals surface area contributed by atoms with Gasteiger partial charge >= 0.3 is 0 Å². The molecule has 29 heavy (non-hydrogen) atoms. The Morgan fingerprint density at radius 3 is 2.41 bits per heavy atom. The van der Waals surface area contributed by atoms with E-state index < -0.39 is 0 Å². The average Bonchev–Trinajstić information content (AvgIpc) is 3.17. The Balaban J connectivity index is 1.41. The highest BCUT2D eigenvalue weighted by Crippen LogP contribution is 2.13. The Labute approximate surface area is 168 Å². The lowest BCUT2D eigenvalue weighted by Crippen LogP contribution is -2.37. The Morgan fingerprint density at radius 1 is 0.966 bits per heavy atom. The summed E-state index contributed by atoms with van der Waals surface area (Å²) < 4.78 is 1.47. The van der Waals surface area contributed by atoms with Crippen LogP contribution in [0.2, 0.25) is 0 Å². The van der Waals surface area contributed by atoms with Crippen LogP contribution in [-0.2, 0) is 0 Å². The minimum atomic E-state index is -0.141. The summed E-state index contributed by atoms with van der Waals surface area (Å²) in [5.41, 5.74) is 2.78. The largest absolute Gasteiger partial charge is 0.337 e. The maximum absolute atomic E-state index is 12.9. The molecule has 9 nitrogen and oxygen atoms in total. The molecule has 0 atom stereocenters. The first-order chi connectivity index (χ1) is 14.1. The highest BCUT2D eigenvalue weighted by atomic mass is 16.2. The van der Waals surface area contributed by atoms with Crippen LogP contribution < -0.4 is 0 Å². The zero-order chi connectivity index (χ0) is 20.2. The van der Waals surface area contributed by atoms with Crippen LogP contribution in [0.1, 0.15) is 32.8 Å². The van der Waals surface area contributed by atoms with Crippen LogP contribution in [-0.4, -0.2) is 73.0 Å². The number of pyridine rings is 1. The monoisotopic (exact) mass is 391 g/mol. The predicted molar refractivity (Wildman–Crippen MR) is 105 cm³/mol. The van der Waals surface area contributed by atoms with Gasteiger partial charge in [-0.3, -0.25) is 9.59 Å². The van der Waals surface area contributed by atoms with Crippen molar-refractivity contribution in [2.24, 2.45) is 0 Å². The molecule has 2 amide bonds. The van der Waals surface area contributed by atoms with Crippen molar-refractivity contribution in [3.8, 4) is 5.69 Å². The van der Waals surface area contributed by atoms with E-state index in [1.807, 2.05) is 36.1 Å². The lowest BCUT2D eigenvalue weighted by atomic mass is 10.1. The van der Waals surface area contributed by atoms with Gasteiger partial charge in [-0.15, -0.1) is 5.10 Å². The number of aromatic nitrogens is 5. The Hall–Kier alpha value is -3.62. The normalized spacial score (nSPS) is 14.5. The molecule has 0 unspecified atom stereocenters. The van der Waals surface area contributed by atoms with Gasteiger partial charge in [-0.05, 0) is 48.0 Å². The first-order valence-electron chi connectivity index (χ1n) is 9.46. The highest BCUT2D eigenvalue weighted by Gasteiger charge is 2.24. The third-order valence-corrected chi connectivity index (χ3v) is 4.92. The van der Waals surface area contributed by atoms with Crippen LogP contribution in [0, 0.1) is 6.92 Å². The van der Waals surface area contributed by atoms with Gasteiger partial charge in [0, 0.05) is 31.7 Å². The van der Waals surface area contributed by atoms with Gasteiger partial charge in [-0.25, -0.2) is 4.98 Å². The van der Waals surface area contributed by atoms with Crippen molar-refractivity contribution in [1.29, 1.82) is 0 Å². The van der Waals surface area contributed by atoms with E-state index >= 15 is 0 Å². The predicted octanol–water partition coefficient (Wildman–Crippen LogP) is 1.35. The molecular weight excluding hydrogens is 370 g/mol. The van der Waals surface area contributed by atoms with Gasteiger partial charge in [0.15, 0.2) is 0 Å². The molecule has 0 aliphatic carbocycles. The summed E-state index contributed by atoms with van der Waals surface area (Å²) in [7, 11) is 0. The van der Waals surface area contributed by atoms with E-state index in [4.69, 9.17) is 0 Å². The standard InChI is InChI=1S/C20H21N7O2/c1-15-4-2-5-16(12-15)19(28)25-8-3-9-26(11-10-25)20(29)18-7-6-17(13-21-18)27-14-22-23-24-27/h2,4-7,12-14H,3,8-11H2,1H3. The van der Waals surface area contributed by atoms with Crippen LogP contribution in [0.5, 0.6) is 0 Å². The maximum atomic E-state index is 12.9. The second-order valence-corrected chi connectivity index (χ2v) is 6.96. The fourth-order valence-corrected chi connectivity index (χ4v) is 3.37. The zero-order valence-corrected chi connectivity index (χ0v) is 16.1. The lowest BCUT2D eigenvalue weighted by molar-refractivity contribution is 0.0715. The molecule has 0 bridgehead atoms. The van der Waals surface area contributed by atoms with Gasteiger partial charge in [0.1, 0.15) is 12.0 Å². The lowest BCUT2D eigenvalue weighted by Gasteiger charge is -2.22. The average molecular weight is 391 g/mol. The summed E-state index contributed by atoms with van der Waals surface area (Å²) in [6, 6.07) is 11.0. The quantitative estimate of drug-likeness (QED) is 0.669. The molecule has 0 radical (unpaired) electrons. The van der Waals surface area contributed by atoms with Crippen LogP contribution in [0.3, 0.4) is 0 Å². The van der Waals surface area contributed by atoms with Gasteiger partial charge in [0.05, 0.1) is 11.9 Å². The third kappa shape index (κ3) is 4.13. The molecule has 0 spiro atoms.